The molecule has 2 aromatic carbocycles. The Labute approximate surface area is 184 Å². The Kier molecular flexibility index (Phi) is 6.97. The van der Waals surface area contributed by atoms with E-state index in [1.165, 1.54) is 5.56 Å². The van der Waals surface area contributed by atoms with Crippen molar-refractivity contribution in [3.63, 3.8) is 0 Å². The molecule has 3 aromatic rings. The summed E-state index contributed by atoms with van der Waals surface area (Å²) in [5.74, 6) is 0.925. The van der Waals surface area contributed by atoms with Crippen molar-refractivity contribution in [2.24, 2.45) is 0 Å². The van der Waals surface area contributed by atoms with E-state index >= 15 is 0 Å². The predicted molar refractivity (Wildman–Crippen MR) is 124 cm³/mol. The molecule has 5 nitrogen and oxygen atoms in total. The van der Waals surface area contributed by atoms with Crippen LogP contribution in [-0.2, 0) is 6.54 Å². The predicted octanol–water partition coefficient (Wildman–Crippen LogP) is 4.05. The minimum Gasteiger partial charge on any atom is -0.489 e. The number of hydrogen-bond acceptors (Lipinski definition) is 5. The third-order valence-corrected chi connectivity index (χ3v) is 5.64. The molecule has 2 heterocycles. The molecule has 1 atom stereocenters. The number of hydrogen-bond donors (Lipinski definition) is 1. The van der Waals surface area contributed by atoms with E-state index in [1.54, 1.807) is 12.3 Å². The number of aliphatic hydroxyl groups is 1. The minimum absolute atomic E-state index is 0.514. The Balaban J connectivity index is 1.43. The number of piperazine rings is 1. The van der Waals surface area contributed by atoms with Gasteiger partial charge in [-0.25, -0.2) is 0 Å². The van der Waals surface area contributed by atoms with Crippen LogP contribution < -0.4 is 9.64 Å². The molecule has 1 aromatic heterocycles. The first-order chi connectivity index (χ1) is 15.3. The quantitative estimate of drug-likeness (QED) is 0.563. The van der Waals surface area contributed by atoms with Crippen LogP contribution in [0.2, 0.25) is 0 Å². The van der Waals surface area contributed by atoms with Gasteiger partial charge in [0.25, 0.3) is 0 Å². The molecule has 1 N–H and O–H groups in total. The molecule has 31 heavy (non-hydrogen) atoms. The third-order valence-electron chi connectivity index (χ3n) is 5.64. The molecule has 5 heteroatoms. The molecule has 1 unspecified atom stereocenters. The van der Waals surface area contributed by atoms with E-state index in [0.29, 0.717) is 12.3 Å². The average molecular weight is 416 g/mol. The van der Waals surface area contributed by atoms with Crippen molar-refractivity contribution in [3.05, 3.63) is 102 Å². The Morgan fingerprint density at radius 1 is 0.968 bits per heavy atom. The van der Waals surface area contributed by atoms with Crippen molar-refractivity contribution >= 4 is 5.69 Å². The summed E-state index contributed by atoms with van der Waals surface area (Å²) in [5.41, 5.74) is 3.85. The lowest BCUT2D eigenvalue weighted by atomic mass is 10.0. The molecule has 160 valence electrons. The minimum atomic E-state index is -0.732. The van der Waals surface area contributed by atoms with Gasteiger partial charge in [-0.2, -0.15) is 0 Å². The van der Waals surface area contributed by atoms with Crippen LogP contribution in [0.4, 0.5) is 5.69 Å². The largest absolute Gasteiger partial charge is 0.489 e. The van der Waals surface area contributed by atoms with Gasteiger partial charge in [0, 0.05) is 55.7 Å². The zero-order chi connectivity index (χ0) is 21.5. The summed E-state index contributed by atoms with van der Waals surface area (Å²) in [6.07, 6.45) is 2.76. The summed E-state index contributed by atoms with van der Waals surface area (Å²) in [6.45, 7) is 8.81. The van der Waals surface area contributed by atoms with Gasteiger partial charge in [0.05, 0.1) is 5.69 Å². The topological polar surface area (TPSA) is 48.8 Å². The lowest BCUT2D eigenvalue weighted by molar-refractivity contribution is 0.214. The summed E-state index contributed by atoms with van der Waals surface area (Å²) in [5, 5.41) is 10.9. The molecule has 0 saturated carbocycles. The lowest BCUT2D eigenvalue weighted by Crippen LogP contribution is -2.46. The fourth-order valence-corrected chi connectivity index (χ4v) is 4.02. The summed E-state index contributed by atoms with van der Waals surface area (Å²) in [6, 6.07) is 21.9. The van der Waals surface area contributed by atoms with Crippen molar-refractivity contribution in [1.82, 2.24) is 9.88 Å². The van der Waals surface area contributed by atoms with Crippen LogP contribution in [0.25, 0.3) is 0 Å². The van der Waals surface area contributed by atoms with Crippen LogP contribution in [0, 0.1) is 0 Å². The average Bonchev–Trinajstić information content (AvgIpc) is 2.84. The van der Waals surface area contributed by atoms with Crippen molar-refractivity contribution in [2.45, 2.75) is 12.6 Å². The number of nitrogens with zero attached hydrogens (tertiary/aromatic N) is 3. The zero-order valence-electron chi connectivity index (χ0n) is 17.7. The van der Waals surface area contributed by atoms with Gasteiger partial charge in [-0.05, 0) is 24.3 Å². The lowest BCUT2D eigenvalue weighted by Gasteiger charge is -2.37. The van der Waals surface area contributed by atoms with Gasteiger partial charge in [0.15, 0.2) is 0 Å². The Morgan fingerprint density at radius 3 is 2.48 bits per heavy atom. The van der Waals surface area contributed by atoms with E-state index in [4.69, 9.17) is 4.74 Å². The summed E-state index contributed by atoms with van der Waals surface area (Å²) in [7, 11) is 0. The highest BCUT2D eigenvalue weighted by Crippen LogP contribution is 2.31. The van der Waals surface area contributed by atoms with E-state index in [9.17, 15) is 5.11 Å². The van der Waals surface area contributed by atoms with Gasteiger partial charge in [-0.15, -0.1) is 0 Å². The van der Waals surface area contributed by atoms with Crippen molar-refractivity contribution in [3.8, 4) is 5.75 Å². The highest BCUT2D eigenvalue weighted by Gasteiger charge is 2.23. The molecule has 4 rings (SSSR count). The standard InChI is InChI=1S/C26H29N3O2/c1-2-19-31-25-13-6-3-9-21(25)20-28-15-17-29(18-16-28)24-12-5-4-10-22(24)26(30)23-11-7-8-14-27-23/h2-14,26,30H,1,15-20H2. The molecule has 1 aliphatic rings. The molecular weight excluding hydrogens is 386 g/mol. The van der Waals surface area contributed by atoms with Gasteiger partial charge < -0.3 is 14.7 Å². The fraction of sp³-hybridized carbons (Fsp3) is 0.269. The van der Waals surface area contributed by atoms with Crippen LogP contribution in [-0.4, -0.2) is 47.8 Å². The van der Waals surface area contributed by atoms with Gasteiger partial charge in [-0.1, -0.05) is 55.1 Å². The molecule has 0 spiro atoms. The maximum absolute atomic E-state index is 10.9. The molecular formula is C26H29N3O2. The smallest absolute Gasteiger partial charge is 0.124 e. The number of aromatic nitrogens is 1. The Hall–Kier alpha value is -3.15. The highest BCUT2D eigenvalue weighted by molar-refractivity contribution is 5.56. The van der Waals surface area contributed by atoms with Crippen molar-refractivity contribution < 1.29 is 9.84 Å². The maximum atomic E-state index is 10.9. The normalized spacial score (nSPS) is 15.5. The maximum Gasteiger partial charge on any atom is 0.124 e. The number of benzene rings is 2. The summed E-state index contributed by atoms with van der Waals surface area (Å²) < 4.78 is 5.81. The number of aliphatic hydroxyl groups excluding tert-OH is 1. The van der Waals surface area contributed by atoms with Gasteiger partial charge >= 0.3 is 0 Å². The molecule has 1 fully saturated rings. The zero-order valence-corrected chi connectivity index (χ0v) is 17.7. The summed E-state index contributed by atoms with van der Waals surface area (Å²) >= 11 is 0. The van der Waals surface area contributed by atoms with E-state index in [0.717, 1.165) is 49.7 Å². The molecule has 0 bridgehead atoms. The Bertz CT molecular complexity index is 985. The molecule has 1 aliphatic heterocycles. The second-order valence-corrected chi connectivity index (χ2v) is 7.69. The highest BCUT2D eigenvalue weighted by atomic mass is 16.5. The number of pyridine rings is 1. The van der Waals surface area contributed by atoms with E-state index in [-0.39, 0.29) is 0 Å². The SMILES string of the molecule is C=CCOc1ccccc1CN1CCN(c2ccccc2C(O)c2ccccn2)CC1. The van der Waals surface area contributed by atoms with E-state index in [1.807, 2.05) is 48.5 Å². The first-order valence-corrected chi connectivity index (χ1v) is 10.7. The molecule has 0 radical (unpaired) electrons. The number of para-hydroxylation sites is 2. The van der Waals surface area contributed by atoms with Crippen LogP contribution in [0.15, 0.2) is 85.6 Å². The molecule has 0 aliphatic carbocycles. The van der Waals surface area contributed by atoms with Gasteiger partial charge in [-0.3, -0.25) is 9.88 Å². The first-order valence-electron chi connectivity index (χ1n) is 10.7. The van der Waals surface area contributed by atoms with Crippen LogP contribution in [0.3, 0.4) is 0 Å². The second kappa shape index (κ2) is 10.2. The van der Waals surface area contributed by atoms with Crippen LogP contribution >= 0.6 is 0 Å². The van der Waals surface area contributed by atoms with Crippen LogP contribution in [0.1, 0.15) is 22.9 Å². The molecule has 0 amide bonds. The fourth-order valence-electron chi connectivity index (χ4n) is 4.02. The van der Waals surface area contributed by atoms with Crippen molar-refractivity contribution in [2.75, 3.05) is 37.7 Å². The number of ether oxygens (including phenoxy) is 1. The summed E-state index contributed by atoms with van der Waals surface area (Å²) in [4.78, 5) is 9.14. The van der Waals surface area contributed by atoms with Gasteiger partial charge in [0.2, 0.25) is 0 Å². The second-order valence-electron chi connectivity index (χ2n) is 7.69. The van der Waals surface area contributed by atoms with E-state index < -0.39 is 6.10 Å². The Morgan fingerprint density at radius 2 is 1.71 bits per heavy atom. The van der Waals surface area contributed by atoms with Gasteiger partial charge in [0.1, 0.15) is 18.5 Å². The van der Waals surface area contributed by atoms with Crippen LogP contribution in [0.5, 0.6) is 5.75 Å². The first kappa shape index (κ1) is 21.1. The molecule has 1 saturated heterocycles. The van der Waals surface area contributed by atoms with E-state index in [2.05, 4.69) is 39.6 Å². The number of rotatable bonds is 8. The number of anilines is 1. The third kappa shape index (κ3) is 5.13. The van der Waals surface area contributed by atoms with Crippen molar-refractivity contribution in [1.29, 1.82) is 0 Å². The monoisotopic (exact) mass is 415 g/mol.